The number of carbonyl (C=O) groups is 2. The van der Waals surface area contributed by atoms with Crippen LogP contribution in [0.2, 0.25) is 0 Å². The maximum atomic E-state index is 12.2. The van der Waals surface area contributed by atoms with E-state index in [1.165, 1.54) is 41.9 Å². The first kappa shape index (κ1) is 21.9. The summed E-state index contributed by atoms with van der Waals surface area (Å²) < 4.78 is 0. The number of hydrogen-bond acceptors (Lipinski definition) is 7. The van der Waals surface area contributed by atoms with E-state index in [-0.39, 0.29) is 11.8 Å². The van der Waals surface area contributed by atoms with Gasteiger partial charge in [0.05, 0.1) is 5.69 Å². The Hall–Kier alpha value is -1.87. The highest BCUT2D eigenvalue weighted by Crippen LogP contribution is 2.46. The summed E-state index contributed by atoms with van der Waals surface area (Å²) in [5.41, 5.74) is 1.12. The van der Waals surface area contributed by atoms with Gasteiger partial charge in [-0.3, -0.25) is 9.59 Å². The summed E-state index contributed by atoms with van der Waals surface area (Å²) in [4.78, 5) is 30.4. The quantitative estimate of drug-likeness (QED) is 0.503. The van der Waals surface area contributed by atoms with Crippen LogP contribution in [0.5, 0.6) is 0 Å². The molecule has 3 aliphatic carbocycles. The molecule has 172 valence electrons. The van der Waals surface area contributed by atoms with Gasteiger partial charge in [0.2, 0.25) is 16.9 Å². The average molecular weight is 474 g/mol. The van der Waals surface area contributed by atoms with E-state index in [2.05, 4.69) is 27.8 Å². The van der Waals surface area contributed by atoms with Gasteiger partial charge in [0.1, 0.15) is 5.01 Å². The van der Waals surface area contributed by atoms with Gasteiger partial charge in [-0.1, -0.05) is 24.7 Å². The van der Waals surface area contributed by atoms with Crippen LogP contribution < -0.4 is 10.6 Å². The van der Waals surface area contributed by atoms with E-state index in [4.69, 9.17) is 4.98 Å². The smallest absolute Gasteiger partial charge is 0.226 e. The first-order chi connectivity index (χ1) is 15.6. The summed E-state index contributed by atoms with van der Waals surface area (Å²) >= 11 is 3.18. The minimum Gasteiger partial charge on any atom is -0.302 e. The van der Waals surface area contributed by atoms with Crippen molar-refractivity contribution in [3.8, 4) is 0 Å². The zero-order valence-corrected chi connectivity index (χ0v) is 20.2. The average Bonchev–Trinajstić information content (AvgIpc) is 3.68. The second-order valence-electron chi connectivity index (χ2n) is 9.58. The van der Waals surface area contributed by atoms with Crippen molar-refractivity contribution in [2.75, 3.05) is 10.6 Å². The van der Waals surface area contributed by atoms with Gasteiger partial charge in [-0.05, 0) is 69.1 Å². The molecule has 0 aromatic carbocycles. The van der Waals surface area contributed by atoms with Gasteiger partial charge in [0, 0.05) is 23.6 Å². The Morgan fingerprint density at radius 1 is 0.875 bits per heavy atom. The van der Waals surface area contributed by atoms with E-state index in [1.54, 1.807) is 11.3 Å². The summed E-state index contributed by atoms with van der Waals surface area (Å²) in [6.07, 6.45) is 11.2. The highest BCUT2D eigenvalue weighted by Gasteiger charge is 2.31. The van der Waals surface area contributed by atoms with E-state index in [0.29, 0.717) is 41.6 Å². The van der Waals surface area contributed by atoms with Crippen LogP contribution in [0.3, 0.4) is 0 Å². The molecule has 2 aromatic heterocycles. The van der Waals surface area contributed by atoms with Gasteiger partial charge in [-0.15, -0.1) is 21.5 Å². The lowest BCUT2D eigenvalue weighted by atomic mass is 9.80. The Balaban J connectivity index is 1.22. The third-order valence-electron chi connectivity index (χ3n) is 6.73. The fourth-order valence-corrected chi connectivity index (χ4v) is 6.73. The minimum atomic E-state index is 0.0604. The predicted octanol–water partition coefficient (Wildman–Crippen LogP) is 5.48. The molecule has 9 heteroatoms. The summed E-state index contributed by atoms with van der Waals surface area (Å²) in [5.74, 6) is 2.10. The molecule has 2 heterocycles. The van der Waals surface area contributed by atoms with Crippen molar-refractivity contribution in [3.05, 3.63) is 15.6 Å². The Morgan fingerprint density at radius 2 is 1.53 bits per heavy atom. The topological polar surface area (TPSA) is 96.9 Å². The molecule has 3 aliphatic rings. The molecule has 2 N–H and O–H groups in total. The van der Waals surface area contributed by atoms with Crippen molar-refractivity contribution in [3.63, 3.8) is 0 Å². The molecule has 7 nitrogen and oxygen atoms in total. The van der Waals surface area contributed by atoms with E-state index >= 15 is 0 Å². The van der Waals surface area contributed by atoms with Crippen LogP contribution in [0.4, 0.5) is 10.3 Å². The normalized spacial score (nSPS) is 23.2. The largest absolute Gasteiger partial charge is 0.302 e. The Morgan fingerprint density at radius 3 is 2.19 bits per heavy atom. The molecule has 0 aliphatic heterocycles. The number of aryl methyl sites for hydroxylation is 1. The third kappa shape index (κ3) is 5.54. The summed E-state index contributed by atoms with van der Waals surface area (Å²) in [6.45, 7) is 2.13. The van der Waals surface area contributed by atoms with E-state index in [1.807, 2.05) is 0 Å². The minimum absolute atomic E-state index is 0.0604. The number of nitrogens with one attached hydrogen (secondary N) is 2. The van der Waals surface area contributed by atoms with Gasteiger partial charge in [-0.2, -0.15) is 0 Å². The van der Waals surface area contributed by atoms with Gasteiger partial charge in [-0.25, -0.2) is 4.98 Å². The first-order valence-corrected chi connectivity index (χ1v) is 13.6. The summed E-state index contributed by atoms with van der Waals surface area (Å²) in [5, 5.41) is 17.0. The van der Waals surface area contributed by atoms with Crippen molar-refractivity contribution in [1.29, 1.82) is 0 Å². The third-order valence-corrected chi connectivity index (χ3v) is 8.91. The lowest BCUT2D eigenvalue weighted by Gasteiger charge is -2.27. The monoisotopic (exact) mass is 473 g/mol. The van der Waals surface area contributed by atoms with Gasteiger partial charge >= 0.3 is 0 Å². The van der Waals surface area contributed by atoms with Crippen LogP contribution in [-0.4, -0.2) is 27.0 Å². The lowest BCUT2D eigenvalue weighted by molar-refractivity contribution is -0.117. The molecule has 5 rings (SSSR count). The number of amides is 2. The number of aromatic nitrogens is 3. The second kappa shape index (κ2) is 9.55. The zero-order valence-electron chi connectivity index (χ0n) is 18.6. The number of hydrogen-bond donors (Lipinski definition) is 2. The molecule has 2 aromatic rings. The van der Waals surface area contributed by atoms with Crippen molar-refractivity contribution >= 4 is 44.8 Å². The second-order valence-corrected chi connectivity index (χ2v) is 11.6. The Kier molecular flexibility index (Phi) is 6.55. The van der Waals surface area contributed by atoms with Crippen LogP contribution in [0.15, 0.2) is 0 Å². The molecule has 32 heavy (non-hydrogen) atoms. The van der Waals surface area contributed by atoms with Crippen LogP contribution in [0.25, 0.3) is 0 Å². The van der Waals surface area contributed by atoms with Crippen molar-refractivity contribution in [2.24, 2.45) is 11.8 Å². The molecule has 3 fully saturated rings. The molecule has 0 bridgehead atoms. The Labute approximate surface area is 196 Å². The molecule has 0 radical (unpaired) electrons. The predicted molar refractivity (Wildman–Crippen MR) is 127 cm³/mol. The molecule has 3 saturated carbocycles. The summed E-state index contributed by atoms with van der Waals surface area (Å²) in [7, 11) is 0. The maximum absolute atomic E-state index is 12.2. The maximum Gasteiger partial charge on any atom is 0.226 e. The number of thiazole rings is 1. The van der Waals surface area contributed by atoms with Crippen molar-refractivity contribution in [1.82, 2.24) is 15.2 Å². The molecule has 2 atom stereocenters. The molecule has 2 unspecified atom stereocenters. The van der Waals surface area contributed by atoms with Gasteiger partial charge in [0.25, 0.3) is 0 Å². The van der Waals surface area contributed by atoms with Crippen LogP contribution in [0.1, 0.15) is 98.5 Å². The van der Waals surface area contributed by atoms with Crippen molar-refractivity contribution < 1.29 is 9.59 Å². The highest BCUT2D eigenvalue weighted by molar-refractivity contribution is 7.16. The van der Waals surface area contributed by atoms with E-state index < -0.39 is 0 Å². The number of nitrogens with zero attached hydrogens (tertiary/aromatic N) is 3. The number of rotatable bonds is 9. The lowest BCUT2D eigenvalue weighted by Crippen LogP contribution is -2.13. The first-order valence-electron chi connectivity index (χ1n) is 12.0. The van der Waals surface area contributed by atoms with Crippen LogP contribution >= 0.6 is 22.7 Å². The van der Waals surface area contributed by atoms with Crippen LogP contribution in [0, 0.1) is 11.8 Å². The van der Waals surface area contributed by atoms with Gasteiger partial charge < -0.3 is 10.6 Å². The molecule has 0 saturated heterocycles. The Bertz CT molecular complexity index is 979. The fourth-order valence-electron chi connectivity index (χ4n) is 4.60. The SMILES string of the molecule is CCc1nc(NC(=O)CC2CC2)sc1C1CCCC(c2nnc(NC(=O)CC3CC3)s2)C1. The molecule has 0 spiro atoms. The highest BCUT2D eigenvalue weighted by atomic mass is 32.1. The van der Waals surface area contributed by atoms with E-state index in [0.717, 1.165) is 47.9 Å². The summed E-state index contributed by atoms with van der Waals surface area (Å²) in [6, 6.07) is 0. The molecular weight excluding hydrogens is 442 g/mol. The zero-order chi connectivity index (χ0) is 22.1. The number of anilines is 2. The molecular formula is C23H31N5O2S2. The van der Waals surface area contributed by atoms with E-state index in [9.17, 15) is 9.59 Å². The van der Waals surface area contributed by atoms with Crippen LogP contribution in [-0.2, 0) is 16.0 Å². The fraction of sp³-hybridized carbons (Fsp3) is 0.696. The standard InChI is InChI=1S/C23H31N5O2S2/c1-2-17-20(31-22(24-17)25-18(29)10-13-6-7-13)15-4-3-5-16(12-15)21-27-28-23(32-21)26-19(30)11-14-8-9-14/h13-16H,2-12H2,1H3,(H,24,25,29)(H,26,28,30). The van der Waals surface area contributed by atoms with Gasteiger partial charge in [0.15, 0.2) is 5.13 Å². The molecule has 2 amide bonds. The van der Waals surface area contributed by atoms with Crippen molar-refractivity contribution in [2.45, 2.75) is 89.4 Å². The number of carbonyl (C=O) groups excluding carboxylic acids is 2.